The molecule has 1 aromatic heterocycles. The molecule has 0 unspecified atom stereocenters. The molecule has 0 spiro atoms. The highest BCUT2D eigenvalue weighted by Gasteiger charge is 2.08. The number of anilines is 2. The van der Waals surface area contributed by atoms with Crippen molar-refractivity contribution in [3.8, 4) is 6.07 Å². The molecule has 0 saturated carbocycles. The van der Waals surface area contributed by atoms with Crippen LogP contribution in [0.5, 0.6) is 0 Å². The van der Waals surface area contributed by atoms with Gasteiger partial charge in [0.1, 0.15) is 11.9 Å². The van der Waals surface area contributed by atoms with Crippen LogP contribution in [0.3, 0.4) is 0 Å². The third kappa shape index (κ3) is 4.66. The van der Waals surface area contributed by atoms with Crippen molar-refractivity contribution in [2.75, 3.05) is 23.7 Å². The molecule has 3 aromatic rings. The summed E-state index contributed by atoms with van der Waals surface area (Å²) in [6, 6.07) is 16.4. The SMILES string of the molecule is Cc1cccc2cc(C#N)c(NCCNC(=O)Nc3ccc(Cl)cc3)nc12. The molecule has 6 nitrogen and oxygen atoms in total. The Hall–Kier alpha value is -3.30. The fourth-order valence-corrected chi connectivity index (χ4v) is 2.76. The molecule has 3 N–H and O–H groups in total. The molecule has 0 saturated heterocycles. The third-order valence-electron chi connectivity index (χ3n) is 3.97. The van der Waals surface area contributed by atoms with E-state index in [0.29, 0.717) is 35.2 Å². The lowest BCUT2D eigenvalue weighted by molar-refractivity contribution is 0.252. The molecule has 27 heavy (non-hydrogen) atoms. The molecule has 2 aromatic carbocycles. The van der Waals surface area contributed by atoms with Gasteiger partial charge in [-0.3, -0.25) is 0 Å². The molecule has 0 radical (unpaired) electrons. The number of halogens is 1. The molecule has 0 atom stereocenters. The summed E-state index contributed by atoms with van der Waals surface area (Å²) in [5, 5.41) is 19.5. The number of nitrogens with zero attached hydrogens (tertiary/aromatic N) is 2. The van der Waals surface area contributed by atoms with Crippen LogP contribution in [0.1, 0.15) is 11.1 Å². The number of fused-ring (bicyclic) bond motifs is 1. The number of carbonyl (C=O) groups is 1. The summed E-state index contributed by atoms with van der Waals surface area (Å²) in [7, 11) is 0. The largest absolute Gasteiger partial charge is 0.367 e. The highest BCUT2D eigenvalue weighted by atomic mass is 35.5. The highest BCUT2D eigenvalue weighted by molar-refractivity contribution is 6.30. The second kappa shape index (κ2) is 8.39. The van der Waals surface area contributed by atoms with Gasteiger partial charge in [-0.2, -0.15) is 5.26 Å². The zero-order valence-corrected chi connectivity index (χ0v) is 15.5. The zero-order chi connectivity index (χ0) is 19.2. The van der Waals surface area contributed by atoms with Crippen molar-refractivity contribution in [3.05, 3.63) is 64.7 Å². The molecule has 1 heterocycles. The van der Waals surface area contributed by atoms with Gasteiger partial charge in [-0.25, -0.2) is 9.78 Å². The standard InChI is InChI=1S/C20H18ClN5O/c1-13-3-2-4-14-11-15(12-22)19(26-18(13)14)23-9-10-24-20(27)25-17-7-5-16(21)6-8-17/h2-8,11H,9-10H2,1H3,(H,23,26)(H2,24,25,27). The number of amides is 2. The van der Waals surface area contributed by atoms with Gasteiger partial charge < -0.3 is 16.0 Å². The van der Waals surface area contributed by atoms with Gasteiger partial charge in [-0.1, -0.05) is 29.8 Å². The summed E-state index contributed by atoms with van der Waals surface area (Å²) in [4.78, 5) is 16.5. The van der Waals surface area contributed by atoms with Crippen LogP contribution in [0.25, 0.3) is 10.9 Å². The fraction of sp³-hybridized carbons (Fsp3) is 0.150. The van der Waals surface area contributed by atoms with Gasteiger partial charge in [0.05, 0.1) is 11.1 Å². The maximum absolute atomic E-state index is 11.9. The van der Waals surface area contributed by atoms with Crippen molar-refractivity contribution >= 4 is 40.0 Å². The number of benzene rings is 2. The Balaban J connectivity index is 1.57. The van der Waals surface area contributed by atoms with Crippen molar-refractivity contribution in [2.45, 2.75) is 6.92 Å². The van der Waals surface area contributed by atoms with Gasteiger partial charge >= 0.3 is 6.03 Å². The maximum atomic E-state index is 11.9. The van der Waals surface area contributed by atoms with Crippen LogP contribution < -0.4 is 16.0 Å². The van der Waals surface area contributed by atoms with E-state index in [1.54, 1.807) is 24.3 Å². The van der Waals surface area contributed by atoms with Gasteiger partial charge in [-0.05, 0) is 42.8 Å². The van der Waals surface area contributed by atoms with Crippen LogP contribution in [0.2, 0.25) is 5.02 Å². The van der Waals surface area contributed by atoms with E-state index < -0.39 is 0 Å². The van der Waals surface area contributed by atoms with Crippen LogP contribution >= 0.6 is 11.6 Å². The lowest BCUT2D eigenvalue weighted by Crippen LogP contribution is -2.32. The number of hydrogen-bond acceptors (Lipinski definition) is 4. The second-order valence-electron chi connectivity index (χ2n) is 5.96. The lowest BCUT2D eigenvalue weighted by atomic mass is 10.1. The summed E-state index contributed by atoms with van der Waals surface area (Å²) >= 11 is 5.81. The van der Waals surface area contributed by atoms with Crippen LogP contribution in [0.15, 0.2) is 48.5 Å². The van der Waals surface area contributed by atoms with Crippen molar-refractivity contribution < 1.29 is 4.79 Å². The summed E-state index contributed by atoms with van der Waals surface area (Å²) in [6.07, 6.45) is 0. The average molecular weight is 380 g/mol. The van der Waals surface area contributed by atoms with Crippen LogP contribution in [-0.2, 0) is 0 Å². The normalized spacial score (nSPS) is 10.3. The number of nitrogens with one attached hydrogen (secondary N) is 3. The Labute approximate surface area is 162 Å². The molecule has 2 amide bonds. The number of aryl methyl sites for hydroxylation is 1. The number of hydrogen-bond donors (Lipinski definition) is 3. The highest BCUT2D eigenvalue weighted by Crippen LogP contribution is 2.22. The van der Waals surface area contributed by atoms with E-state index in [4.69, 9.17) is 11.6 Å². The van der Waals surface area contributed by atoms with Crippen molar-refractivity contribution in [2.24, 2.45) is 0 Å². The maximum Gasteiger partial charge on any atom is 0.319 e. The summed E-state index contributed by atoms with van der Waals surface area (Å²) in [5.74, 6) is 0.513. The van der Waals surface area contributed by atoms with Gasteiger partial charge in [0.2, 0.25) is 0 Å². The predicted molar refractivity (Wildman–Crippen MR) is 108 cm³/mol. The number of para-hydroxylation sites is 1. The Bertz CT molecular complexity index is 1010. The summed E-state index contributed by atoms with van der Waals surface area (Å²) < 4.78 is 0. The smallest absolute Gasteiger partial charge is 0.319 e. The van der Waals surface area contributed by atoms with Gasteiger partial charge in [0.15, 0.2) is 0 Å². The molecular weight excluding hydrogens is 362 g/mol. The Morgan fingerprint density at radius 2 is 1.96 bits per heavy atom. The first-order chi connectivity index (χ1) is 13.1. The second-order valence-corrected chi connectivity index (χ2v) is 6.39. The number of pyridine rings is 1. The number of rotatable bonds is 5. The van der Waals surface area contributed by atoms with E-state index in [-0.39, 0.29) is 6.03 Å². The summed E-state index contributed by atoms with van der Waals surface area (Å²) in [5.41, 5.74) is 3.02. The minimum absolute atomic E-state index is 0.318. The van der Waals surface area contributed by atoms with E-state index in [2.05, 4.69) is 27.0 Å². The topological polar surface area (TPSA) is 89.8 Å². The molecule has 0 fully saturated rings. The minimum Gasteiger partial charge on any atom is -0.367 e. The molecule has 3 rings (SSSR count). The van der Waals surface area contributed by atoms with Crippen molar-refractivity contribution in [1.82, 2.24) is 10.3 Å². The van der Waals surface area contributed by atoms with Crippen LogP contribution in [0, 0.1) is 18.3 Å². The first kappa shape index (κ1) is 18.5. The molecule has 0 aliphatic heterocycles. The fourth-order valence-electron chi connectivity index (χ4n) is 2.63. The first-order valence-corrected chi connectivity index (χ1v) is 8.79. The summed E-state index contributed by atoms with van der Waals surface area (Å²) in [6.45, 7) is 2.79. The molecule has 136 valence electrons. The average Bonchev–Trinajstić information content (AvgIpc) is 2.67. The van der Waals surface area contributed by atoms with Gasteiger partial charge in [0.25, 0.3) is 0 Å². The van der Waals surface area contributed by atoms with E-state index >= 15 is 0 Å². The van der Waals surface area contributed by atoms with Gasteiger partial charge in [-0.15, -0.1) is 0 Å². The molecule has 0 aliphatic carbocycles. The van der Waals surface area contributed by atoms with E-state index in [9.17, 15) is 10.1 Å². The number of aromatic nitrogens is 1. The van der Waals surface area contributed by atoms with Crippen molar-refractivity contribution in [3.63, 3.8) is 0 Å². The number of urea groups is 1. The van der Waals surface area contributed by atoms with Crippen LogP contribution in [0.4, 0.5) is 16.3 Å². The number of carbonyl (C=O) groups excluding carboxylic acids is 1. The third-order valence-corrected chi connectivity index (χ3v) is 4.23. The van der Waals surface area contributed by atoms with E-state index in [0.717, 1.165) is 16.5 Å². The van der Waals surface area contributed by atoms with E-state index in [1.807, 2.05) is 31.2 Å². The zero-order valence-electron chi connectivity index (χ0n) is 14.7. The Morgan fingerprint density at radius 3 is 2.70 bits per heavy atom. The van der Waals surface area contributed by atoms with E-state index in [1.165, 1.54) is 0 Å². The first-order valence-electron chi connectivity index (χ1n) is 8.41. The van der Waals surface area contributed by atoms with Gasteiger partial charge in [0, 0.05) is 29.2 Å². The predicted octanol–water partition coefficient (Wildman–Crippen LogP) is 4.30. The quantitative estimate of drug-likeness (QED) is 0.576. The monoisotopic (exact) mass is 379 g/mol. The lowest BCUT2D eigenvalue weighted by Gasteiger charge is -2.11. The Kier molecular flexibility index (Phi) is 5.74. The van der Waals surface area contributed by atoms with Crippen molar-refractivity contribution in [1.29, 1.82) is 5.26 Å². The minimum atomic E-state index is -0.318. The molecule has 7 heteroatoms. The molecular formula is C20H18ClN5O. The Morgan fingerprint density at radius 1 is 1.19 bits per heavy atom. The molecule has 0 aliphatic rings. The molecule has 0 bridgehead atoms. The van der Waals surface area contributed by atoms with Crippen LogP contribution in [-0.4, -0.2) is 24.1 Å². The number of nitriles is 1.